The number of hydrogen-bond donors (Lipinski definition) is 1. The van der Waals surface area contributed by atoms with Crippen LogP contribution in [0, 0.1) is 0 Å². The van der Waals surface area contributed by atoms with Crippen molar-refractivity contribution in [3.63, 3.8) is 0 Å². The largest absolute Gasteiger partial charge is 0.439 e. The normalized spacial score (nSPS) is 12.4. The molecule has 3 heteroatoms. The number of nitrogens with two attached hydrogens (primary N) is 1. The number of aromatic nitrogens is 1. The second-order valence-corrected chi connectivity index (χ2v) is 5.70. The summed E-state index contributed by atoms with van der Waals surface area (Å²) in [6.45, 7) is 6.45. The summed E-state index contributed by atoms with van der Waals surface area (Å²) in [4.78, 5) is 4.34. The Bertz CT molecular complexity index is 546. The maximum Gasteiger partial charge on any atom is 0.219 e. The molecule has 3 nitrogen and oxygen atoms in total. The molecule has 1 aromatic heterocycles. The van der Waals surface area contributed by atoms with Gasteiger partial charge in [-0.1, -0.05) is 39.0 Å². The van der Waals surface area contributed by atoms with Gasteiger partial charge in [-0.3, -0.25) is 0 Å². The molecule has 21 heavy (non-hydrogen) atoms. The number of benzene rings is 1. The molecule has 0 radical (unpaired) electrons. The van der Waals surface area contributed by atoms with Crippen LogP contribution in [-0.2, 0) is 6.42 Å². The van der Waals surface area contributed by atoms with E-state index in [1.54, 1.807) is 0 Å². The molecule has 1 atom stereocenters. The van der Waals surface area contributed by atoms with Crippen LogP contribution in [0.3, 0.4) is 0 Å². The third-order valence-electron chi connectivity index (χ3n) is 3.59. The molecular weight excluding hydrogens is 260 g/mol. The molecule has 0 bridgehead atoms. The molecule has 1 aromatic carbocycles. The first-order chi connectivity index (χ1) is 10.1. The van der Waals surface area contributed by atoms with E-state index >= 15 is 0 Å². The first-order valence-electron chi connectivity index (χ1n) is 7.56. The molecule has 1 unspecified atom stereocenters. The highest BCUT2D eigenvalue weighted by molar-refractivity contribution is 5.32. The van der Waals surface area contributed by atoms with Crippen LogP contribution in [0.2, 0.25) is 0 Å². The van der Waals surface area contributed by atoms with Crippen molar-refractivity contribution in [2.45, 2.75) is 45.6 Å². The van der Waals surface area contributed by atoms with Crippen LogP contribution >= 0.6 is 0 Å². The molecule has 0 aliphatic rings. The Morgan fingerprint density at radius 1 is 1.10 bits per heavy atom. The smallest absolute Gasteiger partial charge is 0.219 e. The van der Waals surface area contributed by atoms with Crippen molar-refractivity contribution in [1.29, 1.82) is 0 Å². The van der Waals surface area contributed by atoms with E-state index in [2.05, 4.69) is 37.9 Å². The number of pyridine rings is 1. The lowest BCUT2D eigenvalue weighted by Gasteiger charge is -2.10. The first kappa shape index (κ1) is 15.5. The molecule has 0 fully saturated rings. The average Bonchev–Trinajstić information content (AvgIpc) is 2.49. The van der Waals surface area contributed by atoms with Crippen LogP contribution in [0.15, 0.2) is 42.6 Å². The maximum atomic E-state index is 5.95. The van der Waals surface area contributed by atoms with Gasteiger partial charge in [0.05, 0.1) is 0 Å². The summed E-state index contributed by atoms with van der Waals surface area (Å²) in [6.07, 6.45) is 3.67. The molecule has 0 aliphatic carbocycles. The fourth-order valence-corrected chi connectivity index (χ4v) is 2.08. The number of nitrogens with zero attached hydrogens (tertiary/aromatic N) is 1. The van der Waals surface area contributed by atoms with Gasteiger partial charge in [-0.05, 0) is 42.0 Å². The molecule has 112 valence electrons. The summed E-state index contributed by atoms with van der Waals surface area (Å²) < 4.78 is 5.76. The second-order valence-electron chi connectivity index (χ2n) is 5.70. The highest BCUT2D eigenvalue weighted by Crippen LogP contribution is 2.22. The highest BCUT2D eigenvalue weighted by Gasteiger charge is 2.04. The van der Waals surface area contributed by atoms with Crippen molar-refractivity contribution in [3.05, 3.63) is 53.7 Å². The summed E-state index contributed by atoms with van der Waals surface area (Å²) in [6, 6.07) is 12.3. The summed E-state index contributed by atoms with van der Waals surface area (Å²) >= 11 is 0. The SMILES string of the molecule is CCC(N)Cc1ccc(Oc2ccc(C(C)C)cc2)nc1. The second kappa shape index (κ2) is 7.23. The Morgan fingerprint density at radius 2 is 1.81 bits per heavy atom. The average molecular weight is 284 g/mol. The summed E-state index contributed by atoms with van der Waals surface area (Å²) in [5, 5.41) is 0. The Morgan fingerprint density at radius 3 is 2.33 bits per heavy atom. The van der Waals surface area contributed by atoms with Crippen molar-refractivity contribution < 1.29 is 4.74 Å². The molecule has 0 amide bonds. The summed E-state index contributed by atoms with van der Waals surface area (Å²) in [5.41, 5.74) is 8.40. The Balaban J connectivity index is 1.99. The third kappa shape index (κ3) is 4.57. The van der Waals surface area contributed by atoms with Crippen molar-refractivity contribution >= 4 is 0 Å². The van der Waals surface area contributed by atoms with Crippen LogP contribution < -0.4 is 10.5 Å². The standard InChI is InChI=1S/C18H24N2O/c1-4-16(19)11-14-5-10-18(20-12-14)21-17-8-6-15(7-9-17)13(2)3/h5-10,12-13,16H,4,11,19H2,1-3H3. The van der Waals surface area contributed by atoms with Crippen LogP contribution in [0.25, 0.3) is 0 Å². The van der Waals surface area contributed by atoms with E-state index in [0.717, 1.165) is 24.2 Å². The third-order valence-corrected chi connectivity index (χ3v) is 3.59. The predicted molar refractivity (Wildman–Crippen MR) is 86.8 cm³/mol. The Kier molecular flexibility index (Phi) is 5.34. The monoisotopic (exact) mass is 284 g/mol. The lowest BCUT2D eigenvalue weighted by atomic mass is 10.0. The zero-order valence-electron chi connectivity index (χ0n) is 13.0. The van der Waals surface area contributed by atoms with Gasteiger partial charge in [0, 0.05) is 18.3 Å². The summed E-state index contributed by atoms with van der Waals surface area (Å²) in [7, 11) is 0. The van der Waals surface area contributed by atoms with Gasteiger partial charge in [-0.2, -0.15) is 0 Å². The van der Waals surface area contributed by atoms with Crippen molar-refractivity contribution in [2.24, 2.45) is 5.73 Å². The zero-order valence-corrected chi connectivity index (χ0v) is 13.0. The minimum atomic E-state index is 0.196. The van der Waals surface area contributed by atoms with Crippen molar-refractivity contribution in [3.8, 4) is 11.6 Å². The van der Waals surface area contributed by atoms with E-state index in [1.165, 1.54) is 5.56 Å². The van der Waals surface area contributed by atoms with Crippen molar-refractivity contribution in [1.82, 2.24) is 4.98 Å². The minimum absolute atomic E-state index is 0.196. The number of rotatable bonds is 6. The minimum Gasteiger partial charge on any atom is -0.439 e. The molecular formula is C18H24N2O. The maximum absolute atomic E-state index is 5.95. The lowest BCUT2D eigenvalue weighted by molar-refractivity contribution is 0.462. The molecule has 2 rings (SSSR count). The van der Waals surface area contributed by atoms with Gasteiger partial charge in [-0.15, -0.1) is 0 Å². The van der Waals surface area contributed by atoms with Gasteiger partial charge in [0.25, 0.3) is 0 Å². The summed E-state index contributed by atoms with van der Waals surface area (Å²) in [5.74, 6) is 1.95. The van der Waals surface area contributed by atoms with E-state index < -0.39 is 0 Å². The first-order valence-corrected chi connectivity index (χ1v) is 7.56. The molecule has 2 N–H and O–H groups in total. The highest BCUT2D eigenvalue weighted by atomic mass is 16.5. The molecule has 0 spiro atoms. The van der Waals surface area contributed by atoms with Gasteiger partial charge in [0.1, 0.15) is 5.75 Å². The molecule has 2 aromatic rings. The van der Waals surface area contributed by atoms with Gasteiger partial charge in [-0.25, -0.2) is 4.98 Å². The Hall–Kier alpha value is -1.87. The van der Waals surface area contributed by atoms with Crippen LogP contribution in [-0.4, -0.2) is 11.0 Å². The van der Waals surface area contributed by atoms with E-state index in [0.29, 0.717) is 11.8 Å². The number of hydrogen-bond acceptors (Lipinski definition) is 3. The predicted octanol–water partition coefficient (Wildman–Crippen LogP) is 4.28. The van der Waals surface area contributed by atoms with Crippen molar-refractivity contribution in [2.75, 3.05) is 0 Å². The van der Waals surface area contributed by atoms with Crippen LogP contribution in [0.4, 0.5) is 0 Å². The van der Waals surface area contributed by atoms with E-state index in [1.807, 2.05) is 30.5 Å². The van der Waals surface area contributed by atoms with Gasteiger partial charge < -0.3 is 10.5 Å². The number of ether oxygens (including phenoxy) is 1. The molecule has 0 saturated heterocycles. The van der Waals surface area contributed by atoms with E-state index in [9.17, 15) is 0 Å². The Labute approximate surface area is 127 Å². The fraction of sp³-hybridized carbons (Fsp3) is 0.389. The topological polar surface area (TPSA) is 48.1 Å². The molecule has 0 aliphatic heterocycles. The molecule has 0 saturated carbocycles. The molecule has 1 heterocycles. The van der Waals surface area contributed by atoms with Gasteiger partial charge in [0.15, 0.2) is 0 Å². The van der Waals surface area contributed by atoms with Crippen LogP contribution in [0.5, 0.6) is 11.6 Å². The van der Waals surface area contributed by atoms with E-state index in [4.69, 9.17) is 10.5 Å². The van der Waals surface area contributed by atoms with Crippen LogP contribution in [0.1, 0.15) is 44.2 Å². The van der Waals surface area contributed by atoms with E-state index in [-0.39, 0.29) is 6.04 Å². The lowest BCUT2D eigenvalue weighted by Crippen LogP contribution is -2.21. The van der Waals surface area contributed by atoms with Gasteiger partial charge in [0.2, 0.25) is 5.88 Å². The van der Waals surface area contributed by atoms with Gasteiger partial charge >= 0.3 is 0 Å². The zero-order chi connectivity index (χ0) is 15.2. The quantitative estimate of drug-likeness (QED) is 0.861. The fourth-order valence-electron chi connectivity index (χ4n) is 2.08.